The Morgan fingerprint density at radius 1 is 1.38 bits per heavy atom. The van der Waals surface area contributed by atoms with Gasteiger partial charge in [-0.1, -0.05) is 11.8 Å². The van der Waals surface area contributed by atoms with Crippen molar-refractivity contribution in [1.29, 1.82) is 0 Å². The van der Waals surface area contributed by atoms with Gasteiger partial charge in [-0.15, -0.1) is 10.2 Å². The lowest BCUT2D eigenvalue weighted by molar-refractivity contribution is 0.419. The highest BCUT2D eigenvalue weighted by atomic mass is 32.2. The number of rotatable bonds is 4. The summed E-state index contributed by atoms with van der Waals surface area (Å²) >= 11 is 1.37. The average molecular weight is 305 g/mol. The maximum Gasteiger partial charge on any atom is 0.226 e. The second-order valence-electron chi connectivity index (χ2n) is 4.23. The van der Waals surface area contributed by atoms with Crippen molar-refractivity contribution in [2.75, 3.05) is 0 Å². The molecule has 0 aliphatic rings. The largest absolute Gasteiger partial charge is 0.502 e. The number of nitrogens with zero attached hydrogens (tertiary/aromatic N) is 3. The lowest BCUT2D eigenvalue weighted by Crippen LogP contribution is -1.99. The predicted octanol–water partition coefficient (Wildman–Crippen LogP) is 2.03. The molecule has 3 aromatic rings. The Morgan fingerprint density at radius 3 is 2.95 bits per heavy atom. The third-order valence-electron chi connectivity index (χ3n) is 2.79. The zero-order valence-corrected chi connectivity index (χ0v) is 11.8. The molecule has 7 nitrogen and oxygen atoms in total. The Balaban J connectivity index is 1.77. The maximum absolute atomic E-state index is 11.3. The van der Waals surface area contributed by atoms with Gasteiger partial charge in [0, 0.05) is 13.1 Å². The first-order valence-corrected chi connectivity index (χ1v) is 7.00. The van der Waals surface area contributed by atoms with Crippen LogP contribution in [0.1, 0.15) is 5.76 Å². The van der Waals surface area contributed by atoms with Crippen molar-refractivity contribution in [2.24, 2.45) is 7.05 Å². The summed E-state index contributed by atoms with van der Waals surface area (Å²) in [5, 5.41) is 17.9. The molecule has 0 unspecified atom stereocenters. The minimum absolute atomic E-state index is 0.400. The quantitative estimate of drug-likeness (QED) is 0.737. The van der Waals surface area contributed by atoms with E-state index in [1.54, 1.807) is 23.0 Å². The van der Waals surface area contributed by atoms with Crippen molar-refractivity contribution in [2.45, 2.75) is 10.9 Å². The highest BCUT2D eigenvalue weighted by molar-refractivity contribution is 7.98. The standard InChI is InChI=1S/C13H11N3O4S/c1-16-12(11-3-2-4-19-11)14-15-13(16)21-7-8-5-9(17)10(18)6-20-8/h2-6,18H,7H2,1H3. The van der Waals surface area contributed by atoms with Crippen molar-refractivity contribution in [3.8, 4) is 17.3 Å². The Morgan fingerprint density at radius 2 is 2.24 bits per heavy atom. The molecule has 108 valence electrons. The molecule has 0 amide bonds. The van der Waals surface area contributed by atoms with Gasteiger partial charge in [-0.2, -0.15) is 0 Å². The summed E-state index contributed by atoms with van der Waals surface area (Å²) in [5.74, 6) is 1.70. The number of thioether (sulfide) groups is 1. The van der Waals surface area contributed by atoms with E-state index in [0.29, 0.717) is 28.3 Å². The lowest BCUT2D eigenvalue weighted by Gasteiger charge is -2.02. The lowest BCUT2D eigenvalue weighted by atomic mass is 10.4. The average Bonchev–Trinajstić information content (AvgIpc) is 3.10. The number of furan rings is 1. The van der Waals surface area contributed by atoms with Gasteiger partial charge in [0.15, 0.2) is 22.5 Å². The normalized spacial score (nSPS) is 10.9. The topological polar surface area (TPSA) is 94.3 Å². The zero-order valence-electron chi connectivity index (χ0n) is 11.0. The summed E-state index contributed by atoms with van der Waals surface area (Å²) in [6.07, 6.45) is 2.60. The van der Waals surface area contributed by atoms with E-state index in [2.05, 4.69) is 10.2 Å². The van der Waals surface area contributed by atoms with E-state index < -0.39 is 11.2 Å². The molecule has 0 saturated carbocycles. The van der Waals surface area contributed by atoms with E-state index >= 15 is 0 Å². The third-order valence-corrected chi connectivity index (χ3v) is 3.83. The second kappa shape index (κ2) is 5.49. The minimum Gasteiger partial charge on any atom is -0.502 e. The molecule has 0 fully saturated rings. The molecule has 0 saturated heterocycles. The zero-order chi connectivity index (χ0) is 14.8. The minimum atomic E-state index is -0.467. The SMILES string of the molecule is Cn1c(SCc2cc(=O)c(O)co2)nnc1-c1ccco1. The van der Waals surface area contributed by atoms with E-state index in [1.807, 2.05) is 7.05 Å². The Bertz CT molecular complexity index is 807. The molecule has 0 atom stereocenters. The molecule has 0 bridgehead atoms. The number of aromatic nitrogens is 3. The van der Waals surface area contributed by atoms with Crippen LogP contribution in [0.4, 0.5) is 0 Å². The van der Waals surface area contributed by atoms with Crippen molar-refractivity contribution in [3.05, 3.63) is 46.7 Å². The Kier molecular flexibility index (Phi) is 3.53. The summed E-state index contributed by atoms with van der Waals surface area (Å²) in [6.45, 7) is 0. The molecule has 21 heavy (non-hydrogen) atoms. The molecular weight excluding hydrogens is 294 g/mol. The van der Waals surface area contributed by atoms with Crippen LogP contribution in [0.2, 0.25) is 0 Å². The van der Waals surface area contributed by atoms with Gasteiger partial charge in [0.05, 0.1) is 12.0 Å². The maximum atomic E-state index is 11.3. The van der Waals surface area contributed by atoms with Gasteiger partial charge < -0.3 is 18.5 Å². The Hall–Kier alpha value is -2.48. The number of hydrogen-bond donors (Lipinski definition) is 1. The van der Waals surface area contributed by atoms with E-state index in [9.17, 15) is 4.79 Å². The first kappa shape index (κ1) is 13.5. The smallest absolute Gasteiger partial charge is 0.226 e. The van der Waals surface area contributed by atoms with Crippen molar-refractivity contribution in [1.82, 2.24) is 14.8 Å². The van der Waals surface area contributed by atoms with Crippen LogP contribution in [0.25, 0.3) is 11.6 Å². The van der Waals surface area contributed by atoms with Gasteiger partial charge >= 0.3 is 0 Å². The molecule has 0 aliphatic heterocycles. The van der Waals surface area contributed by atoms with Gasteiger partial charge in [-0.05, 0) is 12.1 Å². The van der Waals surface area contributed by atoms with Crippen LogP contribution in [-0.4, -0.2) is 19.9 Å². The van der Waals surface area contributed by atoms with Crippen LogP contribution in [0.3, 0.4) is 0 Å². The van der Waals surface area contributed by atoms with Crippen LogP contribution in [0.15, 0.2) is 49.5 Å². The summed E-state index contributed by atoms with van der Waals surface area (Å²) < 4.78 is 12.2. The van der Waals surface area contributed by atoms with Crippen LogP contribution < -0.4 is 5.43 Å². The monoisotopic (exact) mass is 305 g/mol. The fourth-order valence-corrected chi connectivity index (χ4v) is 2.52. The third kappa shape index (κ3) is 2.70. The van der Waals surface area contributed by atoms with Crippen LogP contribution in [0, 0.1) is 0 Å². The second-order valence-corrected chi connectivity index (χ2v) is 5.17. The van der Waals surface area contributed by atoms with Gasteiger partial charge in [-0.3, -0.25) is 4.79 Å². The molecule has 0 radical (unpaired) electrons. The molecule has 3 heterocycles. The molecule has 3 aromatic heterocycles. The summed E-state index contributed by atoms with van der Waals surface area (Å²) in [5.41, 5.74) is -0.467. The fourth-order valence-electron chi connectivity index (χ4n) is 1.72. The molecular formula is C13H11N3O4S. The van der Waals surface area contributed by atoms with E-state index in [0.717, 1.165) is 6.26 Å². The fraction of sp³-hybridized carbons (Fsp3) is 0.154. The molecule has 0 spiro atoms. The summed E-state index contributed by atoms with van der Waals surface area (Å²) in [6, 6.07) is 4.84. The van der Waals surface area contributed by atoms with Crippen LogP contribution >= 0.6 is 11.8 Å². The van der Waals surface area contributed by atoms with Crippen LogP contribution in [0.5, 0.6) is 5.75 Å². The molecule has 1 N–H and O–H groups in total. The molecule has 0 aliphatic carbocycles. The Labute approximate surface area is 123 Å². The van der Waals surface area contributed by atoms with Gasteiger partial charge in [0.25, 0.3) is 0 Å². The van der Waals surface area contributed by atoms with E-state index in [-0.39, 0.29) is 0 Å². The first-order chi connectivity index (χ1) is 10.1. The molecule has 8 heteroatoms. The van der Waals surface area contributed by atoms with E-state index in [1.165, 1.54) is 17.8 Å². The number of aromatic hydroxyl groups is 1. The molecule has 0 aromatic carbocycles. The summed E-state index contributed by atoms with van der Waals surface area (Å²) in [4.78, 5) is 11.3. The van der Waals surface area contributed by atoms with Crippen LogP contribution in [-0.2, 0) is 12.8 Å². The van der Waals surface area contributed by atoms with Gasteiger partial charge in [-0.25, -0.2) is 0 Å². The highest BCUT2D eigenvalue weighted by Crippen LogP contribution is 2.25. The highest BCUT2D eigenvalue weighted by Gasteiger charge is 2.13. The molecule has 3 rings (SSSR count). The van der Waals surface area contributed by atoms with Crippen molar-refractivity contribution >= 4 is 11.8 Å². The van der Waals surface area contributed by atoms with Crippen molar-refractivity contribution in [3.63, 3.8) is 0 Å². The van der Waals surface area contributed by atoms with Gasteiger partial charge in [0.2, 0.25) is 5.43 Å². The van der Waals surface area contributed by atoms with Crippen molar-refractivity contribution < 1.29 is 13.9 Å². The predicted molar refractivity (Wildman–Crippen MR) is 74.9 cm³/mol. The van der Waals surface area contributed by atoms with E-state index in [4.69, 9.17) is 13.9 Å². The summed E-state index contributed by atoms with van der Waals surface area (Å²) in [7, 11) is 1.83. The van der Waals surface area contributed by atoms with Gasteiger partial charge in [0.1, 0.15) is 12.0 Å². The first-order valence-electron chi connectivity index (χ1n) is 6.02. The number of hydrogen-bond acceptors (Lipinski definition) is 7.